The summed E-state index contributed by atoms with van der Waals surface area (Å²) in [4.78, 5) is 26.5. The highest BCUT2D eigenvalue weighted by Crippen LogP contribution is 2.43. The van der Waals surface area contributed by atoms with Crippen molar-refractivity contribution in [3.8, 4) is 11.5 Å². The Morgan fingerprint density at radius 3 is 1.82 bits per heavy atom. The molecule has 7 heteroatoms. The number of ketones is 2. The number of carbonyl (C=O) groups is 2. The molecule has 1 fully saturated rings. The Morgan fingerprint density at radius 2 is 1.21 bits per heavy atom. The van der Waals surface area contributed by atoms with Crippen LogP contribution in [0.5, 0.6) is 11.5 Å². The second kappa shape index (κ2) is 7.85. The molecule has 5 rings (SSSR count). The van der Waals surface area contributed by atoms with E-state index in [9.17, 15) is 9.59 Å². The van der Waals surface area contributed by atoms with Crippen molar-refractivity contribution >= 4 is 34.3 Å². The van der Waals surface area contributed by atoms with E-state index >= 15 is 0 Å². The Hall–Kier alpha value is -4.00. The first kappa shape index (κ1) is 20.9. The maximum absolute atomic E-state index is 13.3. The number of rotatable bonds is 3. The number of nitrogen functional groups attached to an aromatic ring is 4. The molecule has 1 saturated carbocycles. The summed E-state index contributed by atoms with van der Waals surface area (Å²) in [5.74, 6) is 0.394. The van der Waals surface area contributed by atoms with Gasteiger partial charge in [0.1, 0.15) is 5.75 Å². The molecule has 168 valence electrons. The smallest absolute Gasteiger partial charge is 0.198 e. The highest BCUT2D eigenvalue weighted by atomic mass is 16.5. The van der Waals surface area contributed by atoms with Crippen LogP contribution in [0.2, 0.25) is 0 Å². The average Bonchev–Trinajstić information content (AvgIpc) is 2.82. The van der Waals surface area contributed by atoms with Crippen LogP contribution in [0, 0.1) is 0 Å². The molecule has 2 aliphatic rings. The number of hydrogen-bond donors (Lipinski definition) is 4. The van der Waals surface area contributed by atoms with E-state index in [2.05, 4.69) is 12.1 Å². The molecular weight excluding hydrogens is 416 g/mol. The summed E-state index contributed by atoms with van der Waals surface area (Å²) in [7, 11) is 0. The second-order valence-corrected chi connectivity index (χ2v) is 8.79. The summed E-state index contributed by atoms with van der Waals surface area (Å²) in [5.41, 5.74) is 26.4. The van der Waals surface area contributed by atoms with Crippen molar-refractivity contribution in [2.75, 3.05) is 22.9 Å². The molecule has 0 aromatic heterocycles. The summed E-state index contributed by atoms with van der Waals surface area (Å²) in [6.07, 6.45) is 6.25. The second-order valence-electron chi connectivity index (χ2n) is 8.79. The van der Waals surface area contributed by atoms with E-state index in [4.69, 9.17) is 27.7 Å². The van der Waals surface area contributed by atoms with Crippen molar-refractivity contribution in [2.45, 2.75) is 38.0 Å². The Kier molecular flexibility index (Phi) is 4.96. The fourth-order valence-corrected chi connectivity index (χ4v) is 5.00. The highest BCUT2D eigenvalue weighted by Gasteiger charge is 2.37. The Balaban J connectivity index is 1.52. The van der Waals surface area contributed by atoms with Gasteiger partial charge >= 0.3 is 0 Å². The first-order valence-corrected chi connectivity index (χ1v) is 11.1. The lowest BCUT2D eigenvalue weighted by molar-refractivity contribution is 0.0981. The molecular formula is C26H26N4O3. The minimum absolute atomic E-state index is 0.00127. The maximum atomic E-state index is 13.3. The lowest BCUT2D eigenvalue weighted by Crippen LogP contribution is -2.26. The Morgan fingerprint density at radius 1 is 0.667 bits per heavy atom. The molecule has 33 heavy (non-hydrogen) atoms. The van der Waals surface area contributed by atoms with E-state index in [1.54, 1.807) is 0 Å². The maximum Gasteiger partial charge on any atom is 0.198 e. The van der Waals surface area contributed by atoms with E-state index in [-0.39, 0.29) is 50.8 Å². The van der Waals surface area contributed by atoms with Gasteiger partial charge in [0, 0.05) is 23.1 Å². The van der Waals surface area contributed by atoms with Crippen LogP contribution in [0.1, 0.15) is 75.4 Å². The van der Waals surface area contributed by atoms with Gasteiger partial charge in [-0.25, -0.2) is 0 Å². The molecule has 0 bridgehead atoms. The number of hydrogen-bond acceptors (Lipinski definition) is 7. The van der Waals surface area contributed by atoms with Crippen molar-refractivity contribution < 1.29 is 14.3 Å². The van der Waals surface area contributed by atoms with Crippen molar-refractivity contribution in [1.82, 2.24) is 0 Å². The minimum Gasteiger partial charge on any atom is -0.455 e. The highest BCUT2D eigenvalue weighted by molar-refractivity contribution is 6.34. The van der Waals surface area contributed by atoms with Gasteiger partial charge in [-0.3, -0.25) is 9.59 Å². The van der Waals surface area contributed by atoms with Crippen LogP contribution in [0.3, 0.4) is 0 Å². The molecule has 0 saturated heterocycles. The Labute approximate surface area is 191 Å². The monoisotopic (exact) mass is 442 g/mol. The van der Waals surface area contributed by atoms with Crippen molar-refractivity contribution in [3.63, 3.8) is 0 Å². The molecule has 0 radical (unpaired) electrons. The fourth-order valence-electron chi connectivity index (χ4n) is 5.00. The molecule has 0 aliphatic heterocycles. The van der Waals surface area contributed by atoms with Gasteiger partial charge in [0.15, 0.2) is 17.3 Å². The fraction of sp³-hybridized carbons (Fsp3) is 0.231. The number of fused-ring (bicyclic) bond motifs is 2. The predicted molar refractivity (Wildman–Crippen MR) is 130 cm³/mol. The van der Waals surface area contributed by atoms with Crippen molar-refractivity contribution in [1.29, 1.82) is 0 Å². The van der Waals surface area contributed by atoms with Crippen molar-refractivity contribution in [3.05, 3.63) is 70.3 Å². The van der Waals surface area contributed by atoms with E-state index in [1.165, 1.54) is 55.9 Å². The molecule has 0 spiro atoms. The lowest BCUT2D eigenvalue weighted by Gasteiger charge is -2.24. The molecule has 3 aromatic rings. The third-order valence-electron chi connectivity index (χ3n) is 6.72. The van der Waals surface area contributed by atoms with Gasteiger partial charge in [-0.05, 0) is 48.6 Å². The number of ether oxygens (including phenoxy) is 1. The zero-order valence-corrected chi connectivity index (χ0v) is 18.2. The van der Waals surface area contributed by atoms with Crippen LogP contribution in [0.4, 0.5) is 22.7 Å². The quantitative estimate of drug-likeness (QED) is 0.338. The standard InChI is InChI=1S/C26H26N4O3/c27-16-10-11-17(28)21-20(16)25(31)22-18(29)12-19(24(30)23(22)26(21)32)33-15-8-6-14(7-9-15)13-4-2-1-3-5-13/h6-13H,1-5,27-30H2. The van der Waals surface area contributed by atoms with Gasteiger partial charge in [-0.2, -0.15) is 0 Å². The van der Waals surface area contributed by atoms with Crippen LogP contribution in [-0.4, -0.2) is 11.6 Å². The first-order valence-electron chi connectivity index (χ1n) is 11.1. The molecule has 2 aliphatic carbocycles. The molecule has 0 atom stereocenters. The third-order valence-corrected chi connectivity index (χ3v) is 6.72. The van der Waals surface area contributed by atoms with Gasteiger partial charge in [-0.1, -0.05) is 31.4 Å². The normalized spacial score (nSPS) is 15.8. The van der Waals surface area contributed by atoms with E-state index < -0.39 is 11.6 Å². The summed E-state index contributed by atoms with van der Waals surface area (Å²) in [5, 5.41) is 0. The largest absolute Gasteiger partial charge is 0.455 e. The van der Waals surface area contributed by atoms with Crippen LogP contribution < -0.4 is 27.7 Å². The number of anilines is 4. The zero-order valence-electron chi connectivity index (χ0n) is 18.2. The molecule has 0 heterocycles. The number of benzene rings is 3. The van der Waals surface area contributed by atoms with Gasteiger partial charge in [-0.15, -0.1) is 0 Å². The molecule has 3 aromatic carbocycles. The van der Waals surface area contributed by atoms with E-state index in [0.717, 1.165) is 0 Å². The van der Waals surface area contributed by atoms with Gasteiger partial charge in [0.25, 0.3) is 0 Å². The van der Waals surface area contributed by atoms with Crippen molar-refractivity contribution in [2.24, 2.45) is 0 Å². The zero-order chi connectivity index (χ0) is 23.3. The Bertz CT molecular complexity index is 1290. The van der Waals surface area contributed by atoms with E-state index in [1.807, 2.05) is 12.1 Å². The van der Waals surface area contributed by atoms with Gasteiger partial charge in [0.05, 0.1) is 27.9 Å². The molecule has 0 unspecified atom stereocenters. The predicted octanol–water partition coefficient (Wildman–Crippen LogP) is 4.63. The summed E-state index contributed by atoms with van der Waals surface area (Å²) in [6.45, 7) is 0. The minimum atomic E-state index is -0.494. The van der Waals surface area contributed by atoms with Gasteiger partial charge < -0.3 is 27.7 Å². The summed E-state index contributed by atoms with van der Waals surface area (Å²) in [6, 6.07) is 12.4. The molecule has 8 N–H and O–H groups in total. The topological polar surface area (TPSA) is 147 Å². The van der Waals surface area contributed by atoms with E-state index in [0.29, 0.717) is 11.7 Å². The van der Waals surface area contributed by atoms with Crippen LogP contribution in [0.25, 0.3) is 0 Å². The van der Waals surface area contributed by atoms with Crippen LogP contribution in [-0.2, 0) is 0 Å². The average molecular weight is 443 g/mol. The lowest BCUT2D eigenvalue weighted by atomic mass is 9.80. The third kappa shape index (κ3) is 3.36. The number of nitrogens with two attached hydrogens (primary N) is 4. The summed E-state index contributed by atoms with van der Waals surface area (Å²) >= 11 is 0. The van der Waals surface area contributed by atoms with Crippen LogP contribution >= 0.6 is 0 Å². The summed E-state index contributed by atoms with van der Waals surface area (Å²) < 4.78 is 6.00. The number of carbonyl (C=O) groups excluding carboxylic acids is 2. The molecule has 7 nitrogen and oxygen atoms in total. The van der Waals surface area contributed by atoms with Gasteiger partial charge in [0.2, 0.25) is 0 Å². The molecule has 0 amide bonds. The SMILES string of the molecule is Nc1ccc(N)c2c1C(=O)c1c(N)cc(Oc3ccc(C4CCCCC4)cc3)c(N)c1C2=O. The van der Waals surface area contributed by atoms with Crippen LogP contribution in [0.15, 0.2) is 42.5 Å². The first-order chi connectivity index (χ1) is 15.9.